The Morgan fingerprint density at radius 2 is 2.20 bits per heavy atom. The van der Waals surface area contributed by atoms with Crippen LogP contribution in [0.1, 0.15) is 40.6 Å². The first-order valence-corrected chi connectivity index (χ1v) is 7.11. The molecule has 0 fully saturated rings. The molecule has 0 aliphatic heterocycles. The number of amides is 1. The standard InChI is InChI=1S/C13H14N10O2/c1-7(24)12-18-11(20-21-12)6-16-13(25)9-2-8(5-17-22-14)3-10(4-9)19-23-15/h2-4,7,24H,5-6H2,1H3,(H,16,25)(H,18,20,21)/t7-/m1/s1. The molecule has 2 aromatic rings. The summed E-state index contributed by atoms with van der Waals surface area (Å²) in [6.45, 7) is 1.61. The molecule has 12 nitrogen and oxygen atoms in total. The summed E-state index contributed by atoms with van der Waals surface area (Å²) in [6.07, 6.45) is -0.815. The number of aromatic amines is 1. The molecule has 3 N–H and O–H groups in total. The monoisotopic (exact) mass is 342 g/mol. The maximum Gasteiger partial charge on any atom is 0.251 e. The topological polar surface area (TPSA) is 188 Å². The molecule has 0 spiro atoms. The summed E-state index contributed by atoms with van der Waals surface area (Å²) >= 11 is 0. The first-order chi connectivity index (χ1) is 12.0. The van der Waals surface area contributed by atoms with E-state index in [2.05, 4.69) is 40.6 Å². The van der Waals surface area contributed by atoms with E-state index < -0.39 is 12.0 Å². The molecule has 0 saturated carbocycles. The van der Waals surface area contributed by atoms with Gasteiger partial charge in [0.15, 0.2) is 5.82 Å². The Labute approximate surface area is 141 Å². The Morgan fingerprint density at radius 1 is 1.40 bits per heavy atom. The number of carbonyl (C=O) groups excluding carboxylic acids is 1. The molecule has 1 amide bonds. The molecule has 0 aliphatic carbocycles. The van der Waals surface area contributed by atoms with Gasteiger partial charge in [-0.3, -0.25) is 9.89 Å². The summed E-state index contributed by atoms with van der Waals surface area (Å²) < 4.78 is 0. The predicted molar refractivity (Wildman–Crippen MR) is 86.3 cm³/mol. The number of hydrogen-bond donors (Lipinski definition) is 3. The number of benzene rings is 1. The molecule has 128 valence electrons. The van der Waals surface area contributed by atoms with Crippen LogP contribution in [0.2, 0.25) is 0 Å². The zero-order valence-electron chi connectivity index (χ0n) is 13.2. The number of carbonyl (C=O) groups is 1. The highest BCUT2D eigenvalue weighted by molar-refractivity contribution is 5.95. The minimum Gasteiger partial charge on any atom is -0.385 e. The number of aromatic nitrogens is 3. The van der Waals surface area contributed by atoms with Gasteiger partial charge in [-0.1, -0.05) is 10.2 Å². The van der Waals surface area contributed by atoms with Crippen LogP contribution in [0, 0.1) is 0 Å². The van der Waals surface area contributed by atoms with Crippen molar-refractivity contribution in [2.75, 3.05) is 0 Å². The SMILES string of the molecule is C[C@@H](O)c1n[nH]c(CNC(=O)c2cc(CN=[N+]=[N-])cc(N=[N+]=[N-])c2)n1. The average Bonchev–Trinajstić information content (AvgIpc) is 3.07. The van der Waals surface area contributed by atoms with Crippen molar-refractivity contribution in [2.24, 2.45) is 10.2 Å². The summed E-state index contributed by atoms with van der Waals surface area (Å²) in [5.41, 5.74) is 17.9. The normalized spacial score (nSPS) is 11.1. The summed E-state index contributed by atoms with van der Waals surface area (Å²) in [4.78, 5) is 21.6. The van der Waals surface area contributed by atoms with E-state index in [1.807, 2.05) is 0 Å². The number of rotatable bonds is 7. The molecular formula is C13H14N10O2. The van der Waals surface area contributed by atoms with Crippen molar-refractivity contribution in [1.29, 1.82) is 0 Å². The van der Waals surface area contributed by atoms with Gasteiger partial charge in [0.05, 0.1) is 13.1 Å². The van der Waals surface area contributed by atoms with Gasteiger partial charge in [-0.15, -0.1) is 0 Å². The lowest BCUT2D eigenvalue weighted by Gasteiger charge is -2.06. The molecule has 0 unspecified atom stereocenters. The van der Waals surface area contributed by atoms with Crippen molar-refractivity contribution in [3.63, 3.8) is 0 Å². The maximum absolute atomic E-state index is 12.3. The average molecular weight is 342 g/mol. The number of nitrogens with zero attached hydrogens (tertiary/aromatic N) is 8. The molecular weight excluding hydrogens is 328 g/mol. The van der Waals surface area contributed by atoms with Crippen molar-refractivity contribution in [1.82, 2.24) is 20.5 Å². The van der Waals surface area contributed by atoms with Gasteiger partial charge in [0.25, 0.3) is 5.91 Å². The van der Waals surface area contributed by atoms with Crippen LogP contribution in [-0.2, 0) is 13.1 Å². The van der Waals surface area contributed by atoms with E-state index in [-0.39, 0.29) is 30.2 Å². The Morgan fingerprint density at radius 3 is 2.84 bits per heavy atom. The fourth-order valence-electron chi connectivity index (χ4n) is 1.96. The largest absolute Gasteiger partial charge is 0.385 e. The highest BCUT2D eigenvalue weighted by Crippen LogP contribution is 2.19. The van der Waals surface area contributed by atoms with Crippen molar-refractivity contribution < 1.29 is 9.90 Å². The van der Waals surface area contributed by atoms with Crippen LogP contribution in [-0.4, -0.2) is 26.2 Å². The zero-order valence-corrected chi connectivity index (χ0v) is 13.2. The molecule has 1 heterocycles. The molecule has 0 radical (unpaired) electrons. The van der Waals surface area contributed by atoms with Crippen molar-refractivity contribution in [2.45, 2.75) is 26.1 Å². The summed E-state index contributed by atoms with van der Waals surface area (Å²) in [7, 11) is 0. The van der Waals surface area contributed by atoms with E-state index in [9.17, 15) is 9.90 Å². The van der Waals surface area contributed by atoms with E-state index in [1.54, 1.807) is 0 Å². The number of H-pyrrole nitrogens is 1. The number of azide groups is 2. The van der Waals surface area contributed by atoms with Gasteiger partial charge in [-0.25, -0.2) is 4.98 Å². The highest BCUT2D eigenvalue weighted by Gasteiger charge is 2.11. The van der Waals surface area contributed by atoms with Crippen LogP contribution in [0.15, 0.2) is 28.4 Å². The van der Waals surface area contributed by atoms with Crippen LogP contribution < -0.4 is 5.32 Å². The first kappa shape index (κ1) is 17.8. The van der Waals surface area contributed by atoms with Crippen molar-refractivity contribution in [3.05, 3.63) is 61.9 Å². The number of aliphatic hydroxyl groups is 1. The second-order valence-electron chi connectivity index (χ2n) is 4.97. The van der Waals surface area contributed by atoms with Crippen LogP contribution in [0.25, 0.3) is 20.9 Å². The third-order valence-corrected chi connectivity index (χ3v) is 3.06. The maximum atomic E-state index is 12.3. The quantitative estimate of drug-likeness (QED) is 0.396. The first-order valence-electron chi connectivity index (χ1n) is 7.11. The summed E-state index contributed by atoms with van der Waals surface area (Å²) in [5, 5.41) is 25.3. The third-order valence-electron chi connectivity index (χ3n) is 3.06. The molecule has 0 aliphatic rings. The Kier molecular flexibility index (Phi) is 5.91. The van der Waals surface area contributed by atoms with Gasteiger partial charge in [0.1, 0.15) is 11.9 Å². The van der Waals surface area contributed by atoms with Gasteiger partial charge in [-0.05, 0) is 41.7 Å². The van der Waals surface area contributed by atoms with Crippen LogP contribution >= 0.6 is 0 Å². The summed E-state index contributed by atoms with van der Waals surface area (Å²) in [6, 6.07) is 4.47. The predicted octanol–water partition coefficient (Wildman–Crippen LogP) is 2.54. The number of nitrogens with one attached hydrogen (secondary N) is 2. The Bertz CT molecular complexity index is 861. The molecule has 1 atom stereocenters. The van der Waals surface area contributed by atoms with E-state index >= 15 is 0 Å². The lowest BCUT2D eigenvalue weighted by Crippen LogP contribution is -2.23. The zero-order chi connectivity index (χ0) is 18.2. The third kappa shape index (κ3) is 4.94. The van der Waals surface area contributed by atoms with Crippen LogP contribution in [0.4, 0.5) is 5.69 Å². The van der Waals surface area contributed by atoms with E-state index in [1.165, 1.54) is 25.1 Å². The minimum atomic E-state index is -0.815. The molecule has 1 aromatic carbocycles. The van der Waals surface area contributed by atoms with Gasteiger partial charge < -0.3 is 10.4 Å². The van der Waals surface area contributed by atoms with E-state index in [4.69, 9.17) is 11.1 Å². The number of aliphatic hydroxyl groups excluding tert-OH is 1. The number of hydrogen-bond acceptors (Lipinski definition) is 6. The van der Waals surface area contributed by atoms with E-state index in [0.717, 1.165) is 0 Å². The second kappa shape index (κ2) is 8.31. The molecule has 2 rings (SSSR count). The van der Waals surface area contributed by atoms with Crippen LogP contribution in [0.3, 0.4) is 0 Å². The van der Waals surface area contributed by atoms with Gasteiger partial charge in [0.2, 0.25) is 0 Å². The second-order valence-corrected chi connectivity index (χ2v) is 4.97. The lowest BCUT2D eigenvalue weighted by atomic mass is 10.1. The fourth-order valence-corrected chi connectivity index (χ4v) is 1.96. The molecule has 1 aromatic heterocycles. The minimum absolute atomic E-state index is 0.0193. The molecule has 25 heavy (non-hydrogen) atoms. The molecule has 12 heteroatoms. The Balaban J connectivity index is 2.14. The van der Waals surface area contributed by atoms with Gasteiger partial charge in [-0.2, -0.15) is 5.10 Å². The van der Waals surface area contributed by atoms with Crippen molar-refractivity contribution >= 4 is 11.6 Å². The summed E-state index contributed by atoms with van der Waals surface area (Å²) in [5.74, 6) is 0.170. The molecule has 0 bridgehead atoms. The highest BCUT2D eigenvalue weighted by atomic mass is 16.3. The van der Waals surface area contributed by atoms with Crippen molar-refractivity contribution in [3.8, 4) is 0 Å². The smallest absolute Gasteiger partial charge is 0.251 e. The lowest BCUT2D eigenvalue weighted by molar-refractivity contribution is 0.0950. The molecule has 0 saturated heterocycles. The fraction of sp³-hybridized carbons (Fsp3) is 0.308. The van der Waals surface area contributed by atoms with Crippen LogP contribution in [0.5, 0.6) is 0 Å². The van der Waals surface area contributed by atoms with E-state index in [0.29, 0.717) is 11.4 Å². The van der Waals surface area contributed by atoms with Gasteiger partial charge in [0, 0.05) is 21.1 Å². The Hall–Kier alpha value is -3.59. The van der Waals surface area contributed by atoms with Gasteiger partial charge >= 0.3 is 0 Å².